The zero-order valence-electron chi connectivity index (χ0n) is 5.31. The van der Waals surface area contributed by atoms with Gasteiger partial charge in [-0.3, -0.25) is 4.79 Å². The van der Waals surface area contributed by atoms with Gasteiger partial charge < -0.3 is 4.74 Å². The largest absolute Gasteiger partial charge is 0.464 e. The molecule has 0 aromatic carbocycles. The fourth-order valence-electron chi connectivity index (χ4n) is 0.723. The highest BCUT2D eigenvalue weighted by Crippen LogP contribution is 2.54. The molecule has 1 aliphatic rings. The fourth-order valence-corrected chi connectivity index (χ4v) is 2.96. The Bertz CT molecular complexity index is 153. The highest BCUT2D eigenvalue weighted by atomic mass is 35.7. The molecular formula is C5H8Cl2O2S. The van der Waals surface area contributed by atoms with Crippen molar-refractivity contribution in [3.63, 3.8) is 0 Å². The molecule has 2 nitrogen and oxygen atoms in total. The van der Waals surface area contributed by atoms with E-state index in [1.807, 2.05) is 0 Å². The van der Waals surface area contributed by atoms with Crippen LogP contribution in [0.25, 0.3) is 0 Å². The van der Waals surface area contributed by atoms with Crippen LogP contribution in [0.15, 0.2) is 0 Å². The third-order valence-corrected chi connectivity index (χ3v) is 6.03. The number of carbonyl (C=O) groups is 1. The molecule has 1 unspecified atom stereocenters. The van der Waals surface area contributed by atoms with Crippen LogP contribution in [0.5, 0.6) is 0 Å². The first-order chi connectivity index (χ1) is 4.66. The maximum Gasteiger partial charge on any atom is 0.315 e. The Morgan fingerprint density at radius 3 is 2.80 bits per heavy atom. The molecule has 0 aliphatic carbocycles. The van der Waals surface area contributed by atoms with Gasteiger partial charge in [0.25, 0.3) is 0 Å². The lowest BCUT2D eigenvalue weighted by atomic mass is 10.7. The van der Waals surface area contributed by atoms with Gasteiger partial charge in [-0.25, -0.2) is 0 Å². The predicted octanol–water partition coefficient (Wildman–Crippen LogP) is 1.70. The average molecular weight is 203 g/mol. The van der Waals surface area contributed by atoms with E-state index in [1.165, 1.54) is 0 Å². The second-order valence-electron chi connectivity index (χ2n) is 2.12. The third-order valence-electron chi connectivity index (χ3n) is 1.28. The smallest absolute Gasteiger partial charge is 0.315 e. The van der Waals surface area contributed by atoms with Crippen LogP contribution in [-0.2, 0) is 9.53 Å². The average Bonchev–Trinajstić information content (AvgIpc) is 1.88. The summed E-state index contributed by atoms with van der Waals surface area (Å²) in [7, 11) is 4.64. The Balaban J connectivity index is 2.53. The summed E-state index contributed by atoms with van der Waals surface area (Å²) < 4.78 is 4.71. The zero-order chi connectivity index (χ0) is 7.61. The summed E-state index contributed by atoms with van der Waals surface area (Å²) in [4.78, 5) is 10.7. The van der Waals surface area contributed by atoms with Crippen LogP contribution >= 0.6 is 31.5 Å². The number of halogens is 2. The first-order valence-electron chi connectivity index (χ1n) is 2.84. The molecule has 0 radical (unpaired) electrons. The van der Waals surface area contributed by atoms with Gasteiger partial charge in [0.05, 0.1) is 17.6 Å². The van der Waals surface area contributed by atoms with Gasteiger partial charge in [-0.1, -0.05) is 10.7 Å². The van der Waals surface area contributed by atoms with E-state index in [9.17, 15) is 4.79 Å². The SMILES string of the molecule is O=C1CS(Cl)(CCl)CCO1. The molecule has 0 amide bonds. The Labute approximate surface area is 70.6 Å². The Hall–Kier alpha value is 0.400. The Morgan fingerprint density at radius 2 is 2.40 bits per heavy atom. The van der Waals surface area contributed by atoms with Crippen LogP contribution in [-0.4, -0.2) is 29.3 Å². The second kappa shape index (κ2) is 3.20. The summed E-state index contributed by atoms with van der Waals surface area (Å²) in [5.74, 6) is 0.846. The maximum atomic E-state index is 10.7. The molecule has 1 atom stereocenters. The van der Waals surface area contributed by atoms with Crippen LogP contribution in [0.3, 0.4) is 0 Å². The molecule has 0 bridgehead atoms. The normalized spacial score (nSPS) is 40.0. The van der Waals surface area contributed by atoms with Crippen molar-refractivity contribution in [3.05, 3.63) is 0 Å². The van der Waals surface area contributed by atoms with Gasteiger partial charge in [-0.2, -0.15) is 0 Å². The van der Waals surface area contributed by atoms with E-state index in [0.29, 0.717) is 17.6 Å². The van der Waals surface area contributed by atoms with E-state index in [0.717, 1.165) is 5.75 Å². The second-order valence-corrected chi connectivity index (χ2v) is 7.53. The van der Waals surface area contributed by atoms with Gasteiger partial charge in [0.15, 0.2) is 0 Å². The lowest BCUT2D eigenvalue weighted by Gasteiger charge is -2.32. The van der Waals surface area contributed by atoms with Crippen LogP contribution in [0, 0.1) is 0 Å². The quantitative estimate of drug-likeness (QED) is 0.479. The van der Waals surface area contributed by atoms with Crippen LogP contribution in [0.2, 0.25) is 0 Å². The number of cyclic esters (lactones) is 1. The summed E-state index contributed by atoms with van der Waals surface area (Å²) in [6.45, 7) is 0.435. The predicted molar refractivity (Wildman–Crippen MR) is 44.9 cm³/mol. The van der Waals surface area contributed by atoms with Crippen molar-refractivity contribution >= 4 is 37.5 Å². The molecule has 1 heterocycles. The first kappa shape index (κ1) is 8.50. The standard InChI is InChI=1S/C5H8Cl2O2S/c6-4-10(7)2-1-9-5(8)3-10/h1-4H2. The van der Waals surface area contributed by atoms with Gasteiger partial charge in [0.1, 0.15) is 0 Å². The molecule has 0 N–H and O–H groups in total. The number of hydrogen-bond donors (Lipinski definition) is 0. The van der Waals surface area contributed by atoms with Crippen molar-refractivity contribution in [2.24, 2.45) is 0 Å². The summed E-state index contributed by atoms with van der Waals surface area (Å²) in [6, 6.07) is 0. The van der Waals surface area contributed by atoms with Gasteiger partial charge in [-0.05, 0) is 0 Å². The molecule has 0 spiro atoms. The van der Waals surface area contributed by atoms with E-state index >= 15 is 0 Å². The first-order valence-corrected chi connectivity index (χ1v) is 6.34. The Morgan fingerprint density at radius 1 is 1.70 bits per heavy atom. The molecule has 5 heteroatoms. The van der Waals surface area contributed by atoms with Gasteiger partial charge in [-0.15, -0.1) is 20.8 Å². The van der Waals surface area contributed by atoms with Gasteiger partial charge >= 0.3 is 5.97 Å². The highest BCUT2D eigenvalue weighted by Gasteiger charge is 2.29. The van der Waals surface area contributed by atoms with E-state index in [1.54, 1.807) is 0 Å². The molecule has 0 aromatic heterocycles. The van der Waals surface area contributed by atoms with Crippen LogP contribution < -0.4 is 0 Å². The van der Waals surface area contributed by atoms with Crippen LogP contribution in [0.4, 0.5) is 0 Å². The maximum absolute atomic E-state index is 10.7. The highest BCUT2D eigenvalue weighted by molar-refractivity contribution is 8.52. The molecule has 60 valence electrons. The van der Waals surface area contributed by atoms with Crippen molar-refractivity contribution in [1.29, 1.82) is 0 Å². The molecular weight excluding hydrogens is 195 g/mol. The topological polar surface area (TPSA) is 26.3 Å². The summed E-state index contributed by atoms with van der Waals surface area (Å²) in [5, 5.41) is 0.393. The third kappa shape index (κ3) is 1.94. The molecule has 1 fully saturated rings. The minimum Gasteiger partial charge on any atom is -0.464 e. The van der Waals surface area contributed by atoms with E-state index in [4.69, 9.17) is 27.0 Å². The molecule has 1 saturated heterocycles. The Kier molecular flexibility index (Phi) is 2.72. The number of ether oxygens (including phenoxy) is 1. The lowest BCUT2D eigenvalue weighted by molar-refractivity contribution is -0.140. The molecule has 0 saturated carbocycles. The van der Waals surface area contributed by atoms with Crippen molar-refractivity contribution in [1.82, 2.24) is 0 Å². The number of rotatable bonds is 1. The van der Waals surface area contributed by atoms with Crippen LogP contribution in [0.1, 0.15) is 0 Å². The van der Waals surface area contributed by atoms with Gasteiger partial charge in [0.2, 0.25) is 0 Å². The molecule has 10 heavy (non-hydrogen) atoms. The zero-order valence-corrected chi connectivity index (χ0v) is 7.64. The van der Waals surface area contributed by atoms with Crippen molar-refractivity contribution in [3.8, 4) is 0 Å². The number of hydrogen-bond acceptors (Lipinski definition) is 2. The van der Waals surface area contributed by atoms with Crippen molar-refractivity contribution in [2.45, 2.75) is 0 Å². The number of alkyl halides is 1. The fraction of sp³-hybridized carbons (Fsp3) is 0.800. The monoisotopic (exact) mass is 202 g/mol. The molecule has 1 rings (SSSR count). The van der Waals surface area contributed by atoms with E-state index in [-0.39, 0.29) is 5.97 Å². The number of esters is 1. The summed E-state index contributed by atoms with van der Waals surface area (Å²) in [6.07, 6.45) is 0. The van der Waals surface area contributed by atoms with E-state index in [2.05, 4.69) is 0 Å². The molecule has 0 aromatic rings. The summed E-state index contributed by atoms with van der Waals surface area (Å²) >= 11 is 5.58. The van der Waals surface area contributed by atoms with Gasteiger partial charge in [0, 0.05) is 5.75 Å². The lowest BCUT2D eigenvalue weighted by Crippen LogP contribution is -2.25. The minimum absolute atomic E-state index is 0.211. The van der Waals surface area contributed by atoms with E-state index < -0.39 is 9.24 Å². The minimum atomic E-state index is -1.36. The van der Waals surface area contributed by atoms with Crippen molar-refractivity contribution in [2.75, 3.05) is 23.3 Å². The van der Waals surface area contributed by atoms with Crippen molar-refractivity contribution < 1.29 is 9.53 Å². The molecule has 1 aliphatic heterocycles. The number of carbonyl (C=O) groups excluding carboxylic acids is 1. The summed E-state index contributed by atoms with van der Waals surface area (Å²) in [5.41, 5.74) is 0.